The molecule has 0 radical (unpaired) electrons. The predicted molar refractivity (Wildman–Crippen MR) is 94.6 cm³/mol. The first-order valence-corrected chi connectivity index (χ1v) is 11.0. The molecule has 1 saturated heterocycles. The third-order valence-corrected chi connectivity index (χ3v) is 7.30. The monoisotopic (exact) mass is 374 g/mol. The number of carbonyl (C=O) groups excluding carboxylic acids is 1. The van der Waals surface area contributed by atoms with Crippen molar-refractivity contribution in [2.75, 3.05) is 17.3 Å². The van der Waals surface area contributed by atoms with Crippen LogP contribution in [0.1, 0.15) is 33.0 Å². The van der Waals surface area contributed by atoms with E-state index < -0.39 is 9.84 Å². The Balaban J connectivity index is 1.87. The van der Waals surface area contributed by atoms with Gasteiger partial charge in [0.05, 0.1) is 17.3 Å². The van der Waals surface area contributed by atoms with Gasteiger partial charge in [0.1, 0.15) is 5.82 Å². The molecule has 9 heteroatoms. The Morgan fingerprint density at radius 2 is 2.08 bits per heavy atom. The van der Waals surface area contributed by atoms with Gasteiger partial charge in [-0.2, -0.15) is 0 Å². The molecular formula is C15H26N4O3S2. The second-order valence-corrected chi connectivity index (χ2v) is 9.99. The fraction of sp³-hybridized carbons (Fsp3) is 0.800. The third-order valence-electron chi connectivity index (χ3n) is 4.44. The van der Waals surface area contributed by atoms with Crippen LogP contribution >= 0.6 is 11.8 Å². The molecule has 2 heterocycles. The van der Waals surface area contributed by atoms with Crippen LogP contribution in [0.25, 0.3) is 0 Å². The molecule has 1 amide bonds. The van der Waals surface area contributed by atoms with Crippen molar-refractivity contribution >= 4 is 27.5 Å². The molecule has 0 spiro atoms. The predicted octanol–water partition coefficient (Wildman–Crippen LogP) is 1.05. The lowest BCUT2D eigenvalue weighted by Crippen LogP contribution is -2.37. The minimum atomic E-state index is -2.88. The molecule has 2 atom stereocenters. The van der Waals surface area contributed by atoms with Gasteiger partial charge < -0.3 is 9.88 Å². The molecule has 1 fully saturated rings. The van der Waals surface area contributed by atoms with Crippen LogP contribution in [0, 0.1) is 11.8 Å². The Labute approximate surface area is 147 Å². The Hall–Kier alpha value is -1.09. The van der Waals surface area contributed by atoms with Gasteiger partial charge in [-0.25, -0.2) is 8.42 Å². The summed E-state index contributed by atoms with van der Waals surface area (Å²) in [5.74, 6) is 2.06. The van der Waals surface area contributed by atoms with Crippen LogP contribution < -0.4 is 5.32 Å². The van der Waals surface area contributed by atoms with Gasteiger partial charge in [-0.3, -0.25) is 4.79 Å². The van der Waals surface area contributed by atoms with E-state index in [2.05, 4.69) is 29.4 Å². The number of hydrogen-bond acceptors (Lipinski definition) is 6. The molecule has 1 aromatic heterocycles. The standard InChI is InChI=1S/C15H26N4O3S2/c1-10(2)11(3)16-14(20)8-23-15-18-17-13(19(15)4)7-12-5-6-24(21,22)9-12/h10-12H,5-9H2,1-4H3,(H,16,20)/t11-,12-/m1/s1. The van der Waals surface area contributed by atoms with Gasteiger partial charge in [0.25, 0.3) is 0 Å². The van der Waals surface area contributed by atoms with Gasteiger partial charge in [0.2, 0.25) is 5.91 Å². The summed E-state index contributed by atoms with van der Waals surface area (Å²) in [5, 5.41) is 11.9. The molecule has 0 aliphatic carbocycles. The number of sulfone groups is 1. The molecule has 0 bridgehead atoms. The Morgan fingerprint density at radius 3 is 2.67 bits per heavy atom. The number of hydrogen-bond donors (Lipinski definition) is 1. The van der Waals surface area contributed by atoms with Gasteiger partial charge in [-0.1, -0.05) is 25.6 Å². The van der Waals surface area contributed by atoms with Crippen molar-refractivity contribution in [3.8, 4) is 0 Å². The van der Waals surface area contributed by atoms with Crippen LogP contribution in [-0.2, 0) is 28.1 Å². The van der Waals surface area contributed by atoms with E-state index in [1.165, 1.54) is 11.8 Å². The first-order chi connectivity index (χ1) is 11.2. The fourth-order valence-corrected chi connectivity index (χ4v) is 5.14. The number of nitrogens with one attached hydrogen (secondary N) is 1. The van der Waals surface area contributed by atoms with E-state index in [1.54, 1.807) is 0 Å². The van der Waals surface area contributed by atoms with Crippen LogP contribution in [-0.4, -0.2) is 52.4 Å². The number of carbonyl (C=O) groups is 1. The van der Waals surface area contributed by atoms with E-state index in [0.29, 0.717) is 29.7 Å². The third kappa shape index (κ3) is 5.20. The van der Waals surface area contributed by atoms with E-state index in [-0.39, 0.29) is 29.4 Å². The van der Waals surface area contributed by atoms with Gasteiger partial charge in [-0.05, 0) is 25.2 Å². The average molecular weight is 375 g/mol. The highest BCUT2D eigenvalue weighted by Gasteiger charge is 2.29. The molecule has 1 aliphatic heterocycles. The van der Waals surface area contributed by atoms with Crippen molar-refractivity contribution in [2.45, 2.75) is 44.8 Å². The van der Waals surface area contributed by atoms with E-state index in [9.17, 15) is 13.2 Å². The van der Waals surface area contributed by atoms with E-state index >= 15 is 0 Å². The second-order valence-electron chi connectivity index (χ2n) is 6.82. The topological polar surface area (TPSA) is 94.0 Å². The normalized spacial score (nSPS) is 21.1. The summed E-state index contributed by atoms with van der Waals surface area (Å²) >= 11 is 1.35. The quantitative estimate of drug-likeness (QED) is 0.717. The number of thioether (sulfide) groups is 1. The molecule has 24 heavy (non-hydrogen) atoms. The molecule has 0 unspecified atom stereocenters. The maximum atomic E-state index is 11.9. The Kier molecular flexibility index (Phi) is 6.30. The van der Waals surface area contributed by atoms with Crippen LogP contribution in [0.5, 0.6) is 0 Å². The van der Waals surface area contributed by atoms with E-state index in [4.69, 9.17) is 0 Å². The first kappa shape index (κ1) is 19.2. The van der Waals surface area contributed by atoms with Crippen molar-refractivity contribution in [3.05, 3.63) is 5.82 Å². The average Bonchev–Trinajstić information content (AvgIpc) is 3.00. The van der Waals surface area contributed by atoms with Gasteiger partial charge in [0.15, 0.2) is 15.0 Å². The molecule has 0 saturated carbocycles. The summed E-state index contributed by atoms with van der Waals surface area (Å²) in [5.41, 5.74) is 0. The van der Waals surface area contributed by atoms with Gasteiger partial charge in [-0.15, -0.1) is 10.2 Å². The summed E-state index contributed by atoms with van der Waals surface area (Å²) < 4.78 is 24.9. The minimum Gasteiger partial charge on any atom is -0.353 e. The highest BCUT2D eigenvalue weighted by atomic mass is 32.2. The highest BCUT2D eigenvalue weighted by Crippen LogP contribution is 2.23. The number of nitrogens with zero attached hydrogens (tertiary/aromatic N) is 3. The van der Waals surface area contributed by atoms with Crippen molar-refractivity contribution < 1.29 is 13.2 Å². The van der Waals surface area contributed by atoms with Crippen LogP contribution in [0.4, 0.5) is 0 Å². The van der Waals surface area contributed by atoms with Crippen molar-refractivity contribution in [3.63, 3.8) is 0 Å². The van der Waals surface area contributed by atoms with Crippen LogP contribution in [0.15, 0.2) is 5.16 Å². The van der Waals surface area contributed by atoms with Crippen LogP contribution in [0.2, 0.25) is 0 Å². The SMILES string of the molecule is CC(C)[C@@H](C)NC(=O)CSc1nnc(C[C@H]2CCS(=O)(=O)C2)n1C. The van der Waals surface area contributed by atoms with Crippen molar-refractivity contribution in [1.82, 2.24) is 20.1 Å². The van der Waals surface area contributed by atoms with Gasteiger partial charge in [0, 0.05) is 19.5 Å². The molecule has 1 aromatic rings. The molecule has 7 nitrogen and oxygen atoms in total. The molecule has 2 rings (SSSR count). The van der Waals surface area contributed by atoms with Crippen molar-refractivity contribution in [1.29, 1.82) is 0 Å². The zero-order chi connectivity index (χ0) is 17.9. The lowest BCUT2D eigenvalue weighted by molar-refractivity contribution is -0.119. The Bertz CT molecular complexity index is 685. The molecular weight excluding hydrogens is 348 g/mol. The zero-order valence-corrected chi connectivity index (χ0v) is 16.3. The highest BCUT2D eigenvalue weighted by molar-refractivity contribution is 7.99. The summed E-state index contributed by atoms with van der Waals surface area (Å²) in [6.45, 7) is 6.12. The summed E-state index contributed by atoms with van der Waals surface area (Å²) in [6.07, 6.45) is 1.30. The first-order valence-electron chi connectivity index (χ1n) is 8.19. The second kappa shape index (κ2) is 7.86. The number of aromatic nitrogens is 3. The largest absolute Gasteiger partial charge is 0.353 e. The molecule has 1 aliphatic rings. The van der Waals surface area contributed by atoms with Crippen molar-refractivity contribution in [2.24, 2.45) is 18.9 Å². The molecule has 0 aromatic carbocycles. The molecule has 136 valence electrons. The smallest absolute Gasteiger partial charge is 0.230 e. The lowest BCUT2D eigenvalue weighted by Gasteiger charge is -2.17. The maximum absolute atomic E-state index is 11.9. The lowest BCUT2D eigenvalue weighted by atomic mass is 10.1. The van der Waals surface area contributed by atoms with Crippen LogP contribution in [0.3, 0.4) is 0 Å². The summed E-state index contributed by atoms with van der Waals surface area (Å²) in [6, 6.07) is 0.137. The van der Waals surface area contributed by atoms with E-state index in [1.807, 2.05) is 18.5 Å². The fourth-order valence-electron chi connectivity index (χ4n) is 2.53. The molecule has 1 N–H and O–H groups in total. The van der Waals surface area contributed by atoms with Gasteiger partial charge >= 0.3 is 0 Å². The minimum absolute atomic E-state index is 0.0207. The summed E-state index contributed by atoms with van der Waals surface area (Å²) in [4.78, 5) is 11.9. The number of amides is 1. The maximum Gasteiger partial charge on any atom is 0.230 e. The van der Waals surface area contributed by atoms with E-state index in [0.717, 1.165) is 5.82 Å². The summed E-state index contributed by atoms with van der Waals surface area (Å²) in [7, 11) is -1.02. The number of rotatable bonds is 7. The zero-order valence-electron chi connectivity index (χ0n) is 14.7. The Morgan fingerprint density at radius 1 is 1.38 bits per heavy atom.